The van der Waals surface area contributed by atoms with E-state index in [1.54, 1.807) is 0 Å². The zero-order chi connectivity index (χ0) is 37.1. The second kappa shape index (κ2) is 13.2. The van der Waals surface area contributed by atoms with Crippen molar-refractivity contribution in [2.75, 3.05) is 9.80 Å². The van der Waals surface area contributed by atoms with Crippen molar-refractivity contribution in [2.45, 2.75) is 31.1 Å². The van der Waals surface area contributed by atoms with Crippen LogP contribution in [-0.2, 0) is 18.3 Å². The number of nitrogens with zero attached hydrogens (tertiary/aromatic N) is 2. The minimum Gasteiger partial charge on any atom is -0.456 e. The third kappa shape index (κ3) is 5.12. The van der Waals surface area contributed by atoms with Gasteiger partial charge in [-0.25, -0.2) is 0 Å². The summed E-state index contributed by atoms with van der Waals surface area (Å²) in [5.41, 5.74) is 16.9. The molecule has 0 N–H and O–H groups in total. The summed E-state index contributed by atoms with van der Waals surface area (Å²) in [6.45, 7) is 0. The molecule has 3 heteroatoms. The molecule has 1 atom stereocenters. The molecule has 0 unspecified atom stereocenters. The Morgan fingerprint density at radius 1 is 0.393 bits per heavy atom. The molecule has 3 nitrogen and oxygen atoms in total. The van der Waals surface area contributed by atoms with Crippen LogP contribution in [0.5, 0.6) is 0 Å². The first-order valence-corrected chi connectivity index (χ1v) is 19.8. The second-order valence-electron chi connectivity index (χ2n) is 15.2. The molecule has 11 rings (SSSR count). The maximum atomic E-state index is 6.37. The van der Waals surface area contributed by atoms with Crippen LogP contribution in [-0.4, -0.2) is 0 Å². The number of furan rings is 1. The van der Waals surface area contributed by atoms with Gasteiger partial charge in [0.05, 0.1) is 17.1 Å². The van der Waals surface area contributed by atoms with E-state index in [4.69, 9.17) is 4.42 Å². The highest BCUT2D eigenvalue weighted by molar-refractivity contribution is 6.07. The van der Waals surface area contributed by atoms with Crippen molar-refractivity contribution < 1.29 is 4.42 Å². The summed E-state index contributed by atoms with van der Waals surface area (Å²) < 4.78 is 6.37. The Hall–Kier alpha value is -6.84. The summed E-state index contributed by atoms with van der Waals surface area (Å²) in [7, 11) is 0. The van der Waals surface area contributed by atoms with E-state index in [1.165, 1.54) is 56.1 Å². The van der Waals surface area contributed by atoms with E-state index in [0.717, 1.165) is 59.0 Å². The molecular formula is C53H40N2O. The summed E-state index contributed by atoms with van der Waals surface area (Å²) in [4.78, 5) is 5.02. The Balaban J connectivity index is 1.17. The maximum Gasteiger partial charge on any atom is 0.135 e. The largest absolute Gasteiger partial charge is 0.456 e. The molecule has 0 saturated carbocycles. The van der Waals surface area contributed by atoms with Gasteiger partial charge in [0, 0.05) is 38.8 Å². The molecule has 8 aromatic carbocycles. The fourth-order valence-electron chi connectivity index (χ4n) is 9.89. The van der Waals surface area contributed by atoms with Gasteiger partial charge in [0.2, 0.25) is 0 Å². The van der Waals surface area contributed by atoms with Crippen LogP contribution in [0.1, 0.15) is 35.1 Å². The minimum absolute atomic E-state index is 0.175. The summed E-state index contributed by atoms with van der Waals surface area (Å²) in [5.74, 6) is 0. The topological polar surface area (TPSA) is 19.6 Å². The van der Waals surface area contributed by atoms with Crippen molar-refractivity contribution in [3.8, 4) is 11.1 Å². The predicted octanol–water partition coefficient (Wildman–Crippen LogP) is 14.4. The minimum atomic E-state index is -0.175. The molecule has 2 aliphatic carbocycles. The molecule has 268 valence electrons. The van der Waals surface area contributed by atoms with E-state index < -0.39 is 0 Å². The van der Waals surface area contributed by atoms with Crippen molar-refractivity contribution >= 4 is 56.1 Å². The molecule has 2 aliphatic rings. The van der Waals surface area contributed by atoms with E-state index in [0.29, 0.717) is 0 Å². The molecule has 0 aliphatic heterocycles. The first kappa shape index (κ1) is 32.6. The lowest BCUT2D eigenvalue weighted by molar-refractivity contribution is 0.508. The molecule has 0 amide bonds. The summed E-state index contributed by atoms with van der Waals surface area (Å²) >= 11 is 0. The van der Waals surface area contributed by atoms with Crippen LogP contribution in [0.4, 0.5) is 34.1 Å². The molecule has 0 bridgehead atoms. The predicted molar refractivity (Wildman–Crippen MR) is 232 cm³/mol. The van der Waals surface area contributed by atoms with Crippen molar-refractivity contribution in [3.63, 3.8) is 0 Å². The SMILES string of the molecule is c1ccc(-c2ccccc2N(c2ccc3oc4ccccc4c3c2)c2cccc3c2[C@]2(CCc4cccc(N(c5ccccc5)c5ccccc5)c42)CC3)cc1. The van der Waals surface area contributed by atoms with Crippen LogP contribution in [0, 0.1) is 0 Å². The zero-order valence-electron chi connectivity index (χ0n) is 31.1. The average molecular weight is 721 g/mol. The first-order valence-electron chi connectivity index (χ1n) is 19.8. The number of rotatable bonds is 7. The van der Waals surface area contributed by atoms with Crippen LogP contribution in [0.15, 0.2) is 199 Å². The molecule has 9 aromatic rings. The third-order valence-corrected chi connectivity index (χ3v) is 12.2. The van der Waals surface area contributed by atoms with Gasteiger partial charge in [-0.05, 0) is 120 Å². The van der Waals surface area contributed by atoms with Gasteiger partial charge in [-0.15, -0.1) is 0 Å². The van der Waals surface area contributed by atoms with Crippen LogP contribution < -0.4 is 9.80 Å². The Labute approximate surface area is 327 Å². The Kier molecular flexibility index (Phi) is 7.67. The van der Waals surface area contributed by atoms with Gasteiger partial charge in [0.25, 0.3) is 0 Å². The summed E-state index contributed by atoms with van der Waals surface area (Å²) in [6.07, 6.45) is 4.22. The molecule has 1 heterocycles. The monoisotopic (exact) mass is 720 g/mol. The van der Waals surface area contributed by atoms with Crippen LogP contribution in [0.2, 0.25) is 0 Å². The van der Waals surface area contributed by atoms with Crippen LogP contribution in [0.3, 0.4) is 0 Å². The number of anilines is 6. The number of hydrogen-bond donors (Lipinski definition) is 0. The lowest BCUT2D eigenvalue weighted by Gasteiger charge is -2.37. The highest BCUT2D eigenvalue weighted by Gasteiger charge is 2.49. The third-order valence-electron chi connectivity index (χ3n) is 12.2. The van der Waals surface area contributed by atoms with Crippen LogP contribution >= 0.6 is 0 Å². The highest BCUT2D eigenvalue weighted by atomic mass is 16.3. The lowest BCUT2D eigenvalue weighted by atomic mass is 9.74. The Bertz CT molecular complexity index is 2840. The first-order chi connectivity index (χ1) is 27.8. The average Bonchev–Trinajstić information content (AvgIpc) is 3.96. The van der Waals surface area contributed by atoms with Gasteiger partial charge in [0.15, 0.2) is 0 Å². The van der Waals surface area contributed by atoms with Gasteiger partial charge in [0.1, 0.15) is 11.2 Å². The number of benzene rings is 8. The van der Waals surface area contributed by atoms with Crippen molar-refractivity contribution in [1.82, 2.24) is 0 Å². The molecular weight excluding hydrogens is 681 g/mol. The van der Waals surface area contributed by atoms with Gasteiger partial charge < -0.3 is 14.2 Å². The highest BCUT2D eigenvalue weighted by Crippen LogP contribution is 2.60. The van der Waals surface area contributed by atoms with Crippen molar-refractivity contribution in [2.24, 2.45) is 0 Å². The number of hydrogen-bond acceptors (Lipinski definition) is 3. The van der Waals surface area contributed by atoms with Gasteiger partial charge in [-0.3, -0.25) is 0 Å². The standard InChI is InChI=1S/C53H40N2O/c1-4-16-37(17-5-1)43-24-10-12-26-46(43)55(42-30-31-50-45(36-42)44-25-11-13-29-49(44)56-50)48-28-15-19-39-33-35-53(52(39)48)34-32-38-18-14-27-47(51(38)53)54(40-20-6-2-7-21-40)41-22-8-3-9-23-41/h1-31,36H,32-35H2/t53-/m1/s1. The van der Waals surface area contributed by atoms with Gasteiger partial charge in [-0.2, -0.15) is 0 Å². The van der Waals surface area contributed by atoms with E-state index in [-0.39, 0.29) is 5.41 Å². The van der Waals surface area contributed by atoms with Gasteiger partial charge >= 0.3 is 0 Å². The van der Waals surface area contributed by atoms with E-state index in [2.05, 4.69) is 198 Å². The van der Waals surface area contributed by atoms with E-state index >= 15 is 0 Å². The smallest absolute Gasteiger partial charge is 0.135 e. The maximum absolute atomic E-state index is 6.37. The van der Waals surface area contributed by atoms with Crippen LogP contribution in [0.25, 0.3) is 33.1 Å². The zero-order valence-corrected chi connectivity index (χ0v) is 31.1. The number of para-hydroxylation sites is 4. The Morgan fingerprint density at radius 2 is 0.929 bits per heavy atom. The van der Waals surface area contributed by atoms with Crippen molar-refractivity contribution in [3.05, 3.63) is 216 Å². The fourth-order valence-corrected chi connectivity index (χ4v) is 9.89. The van der Waals surface area contributed by atoms with Crippen molar-refractivity contribution in [1.29, 1.82) is 0 Å². The summed E-state index contributed by atoms with van der Waals surface area (Å²) in [6, 6.07) is 70.6. The number of aryl methyl sites for hydroxylation is 2. The molecule has 1 aromatic heterocycles. The van der Waals surface area contributed by atoms with E-state index in [1.807, 2.05) is 6.07 Å². The second-order valence-corrected chi connectivity index (χ2v) is 15.2. The molecule has 0 fully saturated rings. The molecule has 0 saturated heterocycles. The van der Waals surface area contributed by atoms with E-state index in [9.17, 15) is 0 Å². The Morgan fingerprint density at radius 3 is 1.61 bits per heavy atom. The van der Waals surface area contributed by atoms with Gasteiger partial charge in [-0.1, -0.05) is 127 Å². The summed E-state index contributed by atoms with van der Waals surface area (Å²) in [5, 5.41) is 2.25. The number of fused-ring (bicyclic) bond motifs is 7. The molecule has 0 radical (unpaired) electrons. The fraction of sp³-hybridized carbons (Fsp3) is 0.0943. The molecule has 56 heavy (non-hydrogen) atoms. The lowest BCUT2D eigenvalue weighted by Crippen LogP contribution is -2.27. The quantitative estimate of drug-likeness (QED) is 0.163. The molecule has 1 spiro atoms. The normalized spacial score (nSPS) is 15.6.